The Morgan fingerprint density at radius 2 is 2.00 bits per heavy atom. The van der Waals surface area contributed by atoms with Crippen LogP contribution in [0.1, 0.15) is 20.3 Å². The first kappa shape index (κ1) is 8.14. The number of ketones is 1. The van der Waals surface area contributed by atoms with Crippen LogP contribution in [0.15, 0.2) is 0 Å². The molecule has 0 spiro atoms. The quantitative estimate of drug-likeness (QED) is 0.509. The minimum atomic E-state index is -1.17. The average molecular weight is 129 g/mol. The van der Waals surface area contributed by atoms with Crippen molar-refractivity contribution in [1.29, 1.82) is 0 Å². The van der Waals surface area contributed by atoms with Crippen molar-refractivity contribution in [2.24, 2.45) is 5.92 Å². The van der Waals surface area contributed by atoms with E-state index < -0.39 is 11.9 Å². The van der Waals surface area contributed by atoms with Crippen molar-refractivity contribution < 1.29 is 14.7 Å². The fourth-order valence-electron chi connectivity index (χ4n) is 0.394. The number of hydrogen-bond acceptors (Lipinski definition) is 3. The van der Waals surface area contributed by atoms with Gasteiger partial charge in [0.1, 0.15) is 5.78 Å². The maximum atomic E-state index is 10.4. The van der Waals surface area contributed by atoms with Gasteiger partial charge >= 0.3 is 0 Å². The van der Waals surface area contributed by atoms with Gasteiger partial charge in [0.05, 0.1) is 0 Å². The van der Waals surface area contributed by atoms with Gasteiger partial charge in [0.2, 0.25) is 0 Å². The summed E-state index contributed by atoms with van der Waals surface area (Å²) in [5.74, 6) is -1.69. The predicted octanol–water partition coefficient (Wildman–Crippen LogP) is -0.649. The maximum absolute atomic E-state index is 10.4. The number of carboxylic acid groups (broad SMARTS) is 1. The molecule has 9 heavy (non-hydrogen) atoms. The molecule has 0 bridgehead atoms. The van der Waals surface area contributed by atoms with Crippen molar-refractivity contribution in [2.45, 2.75) is 20.3 Å². The highest BCUT2D eigenvalue weighted by molar-refractivity contribution is 5.81. The summed E-state index contributed by atoms with van der Waals surface area (Å²) < 4.78 is 0. The van der Waals surface area contributed by atoms with Crippen LogP contribution in [0.3, 0.4) is 0 Å². The third kappa shape index (κ3) is 3.70. The Labute approximate surface area is 53.7 Å². The number of Topliss-reactive ketones (excluding diaryl/α,β-unsaturated/α-hetero) is 1. The molecule has 52 valence electrons. The largest absolute Gasteiger partial charge is 0.550 e. The Balaban J connectivity index is 3.63. The van der Waals surface area contributed by atoms with Crippen LogP contribution < -0.4 is 5.11 Å². The van der Waals surface area contributed by atoms with Crippen LogP contribution in [-0.2, 0) is 9.59 Å². The molecule has 0 radical (unpaired) electrons. The second kappa shape index (κ2) is 3.22. The first-order chi connectivity index (χ1) is 4.04. The van der Waals surface area contributed by atoms with E-state index in [-0.39, 0.29) is 12.2 Å². The van der Waals surface area contributed by atoms with Crippen LogP contribution >= 0.6 is 0 Å². The Hall–Kier alpha value is -0.860. The number of hydrogen-bond donors (Lipinski definition) is 0. The van der Waals surface area contributed by atoms with Crippen LogP contribution in [0.4, 0.5) is 0 Å². The van der Waals surface area contributed by atoms with Gasteiger partial charge in [0.15, 0.2) is 0 Å². The van der Waals surface area contributed by atoms with E-state index in [9.17, 15) is 14.7 Å². The van der Waals surface area contributed by atoms with Crippen LogP contribution in [0.5, 0.6) is 0 Å². The van der Waals surface area contributed by atoms with Gasteiger partial charge in [-0.3, -0.25) is 4.79 Å². The van der Waals surface area contributed by atoms with Crippen LogP contribution in [0, 0.1) is 5.92 Å². The molecule has 0 aliphatic heterocycles. The lowest BCUT2D eigenvalue weighted by molar-refractivity contribution is -0.306. The van der Waals surface area contributed by atoms with Gasteiger partial charge in [-0.2, -0.15) is 0 Å². The van der Waals surface area contributed by atoms with E-state index in [1.165, 1.54) is 6.92 Å². The van der Waals surface area contributed by atoms with Gasteiger partial charge in [-0.05, 0) is 13.3 Å². The molecule has 0 fully saturated rings. The smallest absolute Gasteiger partial charge is 0.133 e. The van der Waals surface area contributed by atoms with Gasteiger partial charge in [-0.15, -0.1) is 0 Å². The Kier molecular flexibility index (Phi) is 2.91. The highest BCUT2D eigenvalue weighted by Crippen LogP contribution is 2.00. The van der Waals surface area contributed by atoms with Crippen LogP contribution in [-0.4, -0.2) is 11.8 Å². The van der Waals surface area contributed by atoms with Crippen molar-refractivity contribution in [3.05, 3.63) is 0 Å². The first-order valence-electron chi connectivity index (χ1n) is 2.74. The Morgan fingerprint density at radius 3 is 2.11 bits per heavy atom. The lowest BCUT2D eigenvalue weighted by Crippen LogP contribution is -2.26. The second-order valence-corrected chi connectivity index (χ2v) is 2.09. The Bertz CT molecular complexity index is 128. The minimum absolute atomic E-state index is 0.112. The van der Waals surface area contributed by atoms with Gasteiger partial charge in [0, 0.05) is 11.9 Å². The highest BCUT2D eigenvalue weighted by atomic mass is 16.4. The summed E-state index contributed by atoms with van der Waals surface area (Å²) in [5, 5.41) is 9.85. The third-order valence-corrected chi connectivity index (χ3v) is 1.17. The summed E-state index contributed by atoms with van der Waals surface area (Å²) in [4.78, 5) is 20.2. The van der Waals surface area contributed by atoms with Crippen molar-refractivity contribution >= 4 is 11.8 Å². The van der Waals surface area contributed by atoms with E-state index in [0.29, 0.717) is 0 Å². The third-order valence-electron chi connectivity index (χ3n) is 1.17. The summed E-state index contributed by atoms with van der Waals surface area (Å²) in [6.45, 7) is 2.94. The summed E-state index contributed by atoms with van der Waals surface area (Å²) in [5.41, 5.74) is 0. The number of carbonyl (C=O) groups is 2. The molecule has 0 unspecified atom stereocenters. The molecule has 0 rings (SSSR count). The van der Waals surface area contributed by atoms with E-state index in [2.05, 4.69) is 0 Å². The van der Waals surface area contributed by atoms with E-state index >= 15 is 0 Å². The zero-order valence-electron chi connectivity index (χ0n) is 5.51. The van der Waals surface area contributed by atoms with Crippen molar-refractivity contribution in [1.82, 2.24) is 0 Å². The highest BCUT2D eigenvalue weighted by Gasteiger charge is 2.06. The SMILES string of the molecule is CC(=O)[C@@H](C)CC(=O)[O-]. The zero-order chi connectivity index (χ0) is 7.44. The Morgan fingerprint density at radius 1 is 1.56 bits per heavy atom. The monoisotopic (exact) mass is 129 g/mol. The summed E-state index contributed by atoms with van der Waals surface area (Å²) in [6.07, 6.45) is -0.171. The van der Waals surface area contributed by atoms with Gasteiger partial charge in [-0.25, -0.2) is 0 Å². The molecule has 1 atom stereocenters. The van der Waals surface area contributed by atoms with Gasteiger partial charge in [0.25, 0.3) is 0 Å². The summed E-state index contributed by atoms with van der Waals surface area (Å²) in [6, 6.07) is 0. The molecule has 3 nitrogen and oxygen atoms in total. The molecule has 0 aliphatic carbocycles. The van der Waals surface area contributed by atoms with E-state index in [1.807, 2.05) is 0 Å². The molecular weight excluding hydrogens is 120 g/mol. The fourth-order valence-corrected chi connectivity index (χ4v) is 0.394. The lowest BCUT2D eigenvalue weighted by Gasteiger charge is -2.06. The predicted molar refractivity (Wildman–Crippen MR) is 29.5 cm³/mol. The molecule has 0 saturated heterocycles. The second-order valence-electron chi connectivity index (χ2n) is 2.09. The van der Waals surface area contributed by atoms with Crippen LogP contribution in [0.25, 0.3) is 0 Å². The summed E-state index contributed by atoms with van der Waals surface area (Å²) >= 11 is 0. The molecule has 0 aromatic rings. The molecule has 0 saturated carbocycles. The van der Waals surface area contributed by atoms with Crippen molar-refractivity contribution in [2.75, 3.05) is 0 Å². The molecule has 3 heteroatoms. The minimum Gasteiger partial charge on any atom is -0.550 e. The van der Waals surface area contributed by atoms with Gasteiger partial charge in [-0.1, -0.05) is 6.92 Å². The summed E-state index contributed by atoms with van der Waals surface area (Å²) in [7, 11) is 0. The van der Waals surface area contributed by atoms with Crippen molar-refractivity contribution in [3.63, 3.8) is 0 Å². The number of carboxylic acids is 1. The normalized spacial score (nSPS) is 12.7. The number of rotatable bonds is 3. The number of aliphatic carboxylic acids is 1. The molecular formula is C6H9O3-. The van der Waals surface area contributed by atoms with E-state index in [4.69, 9.17) is 0 Å². The molecule has 0 heterocycles. The molecule has 0 aliphatic rings. The molecule has 0 amide bonds. The van der Waals surface area contributed by atoms with Crippen LogP contribution in [0.2, 0.25) is 0 Å². The topological polar surface area (TPSA) is 57.2 Å². The maximum Gasteiger partial charge on any atom is 0.133 e. The van der Waals surface area contributed by atoms with Gasteiger partial charge < -0.3 is 9.90 Å². The lowest BCUT2D eigenvalue weighted by atomic mass is 10.0. The number of carbonyl (C=O) groups excluding carboxylic acids is 2. The molecule has 0 aromatic heterocycles. The average Bonchev–Trinajstić information content (AvgIpc) is 1.63. The van der Waals surface area contributed by atoms with E-state index in [1.54, 1.807) is 6.92 Å². The fraction of sp³-hybridized carbons (Fsp3) is 0.667. The molecule has 0 N–H and O–H groups in total. The first-order valence-corrected chi connectivity index (χ1v) is 2.74. The standard InChI is InChI=1S/C6H10O3/c1-4(5(2)7)3-6(8)9/h4H,3H2,1-2H3,(H,8,9)/p-1/t4-/m0/s1. The van der Waals surface area contributed by atoms with E-state index in [0.717, 1.165) is 0 Å². The van der Waals surface area contributed by atoms with Crippen molar-refractivity contribution in [3.8, 4) is 0 Å². The molecule has 0 aromatic carbocycles. The zero-order valence-corrected chi connectivity index (χ0v) is 5.51.